The summed E-state index contributed by atoms with van der Waals surface area (Å²) in [5.41, 5.74) is 0. The summed E-state index contributed by atoms with van der Waals surface area (Å²) < 4.78 is 0. The van der Waals surface area contributed by atoms with Gasteiger partial charge in [0.05, 0.1) is 11.8 Å². The minimum absolute atomic E-state index is 0.0972. The summed E-state index contributed by atoms with van der Waals surface area (Å²) in [6.45, 7) is 4.10. The van der Waals surface area contributed by atoms with Gasteiger partial charge in [0.1, 0.15) is 11.6 Å². The lowest BCUT2D eigenvalue weighted by Crippen LogP contribution is -2.24. The van der Waals surface area contributed by atoms with Crippen molar-refractivity contribution in [1.82, 2.24) is 0 Å². The maximum atomic E-state index is 10.9. The third kappa shape index (κ3) is 3.83. The standard InChI is InChI=1S/C9H14O4/c1-5(9(12)13)4-8(6(2)10)7(3)11/h5,8H,4H2,1-3H3,(H,12,13). The van der Waals surface area contributed by atoms with E-state index in [-0.39, 0.29) is 18.0 Å². The van der Waals surface area contributed by atoms with E-state index in [0.717, 1.165) is 0 Å². The van der Waals surface area contributed by atoms with E-state index in [4.69, 9.17) is 5.11 Å². The van der Waals surface area contributed by atoms with Gasteiger partial charge in [-0.15, -0.1) is 0 Å². The summed E-state index contributed by atoms with van der Waals surface area (Å²) in [5, 5.41) is 8.57. The molecular formula is C9H14O4. The molecule has 74 valence electrons. The molecular weight excluding hydrogens is 172 g/mol. The molecule has 0 aliphatic carbocycles. The van der Waals surface area contributed by atoms with E-state index >= 15 is 0 Å². The Morgan fingerprint density at radius 1 is 1.15 bits per heavy atom. The van der Waals surface area contributed by atoms with Crippen LogP contribution in [0.15, 0.2) is 0 Å². The van der Waals surface area contributed by atoms with Gasteiger partial charge in [0, 0.05) is 0 Å². The van der Waals surface area contributed by atoms with Gasteiger partial charge in [-0.25, -0.2) is 0 Å². The third-order valence-corrected chi connectivity index (χ3v) is 1.99. The fourth-order valence-corrected chi connectivity index (χ4v) is 1.07. The highest BCUT2D eigenvalue weighted by Crippen LogP contribution is 2.14. The van der Waals surface area contributed by atoms with Crippen LogP contribution in [0.1, 0.15) is 27.2 Å². The molecule has 0 aromatic heterocycles. The predicted molar refractivity (Wildman–Crippen MR) is 46.3 cm³/mol. The second-order valence-corrected chi connectivity index (χ2v) is 3.25. The molecule has 0 heterocycles. The highest BCUT2D eigenvalue weighted by Gasteiger charge is 2.24. The Labute approximate surface area is 76.9 Å². The normalized spacial score (nSPS) is 12.6. The number of ketones is 2. The lowest BCUT2D eigenvalue weighted by Gasteiger charge is -2.12. The van der Waals surface area contributed by atoms with Crippen molar-refractivity contribution >= 4 is 17.5 Å². The highest BCUT2D eigenvalue weighted by molar-refractivity contribution is 6.00. The maximum Gasteiger partial charge on any atom is 0.306 e. The Kier molecular flexibility index (Phi) is 4.31. The fourth-order valence-electron chi connectivity index (χ4n) is 1.07. The van der Waals surface area contributed by atoms with E-state index in [1.807, 2.05) is 0 Å². The van der Waals surface area contributed by atoms with E-state index in [2.05, 4.69) is 0 Å². The quantitative estimate of drug-likeness (QED) is 0.647. The molecule has 0 fully saturated rings. The number of rotatable bonds is 5. The first-order chi connectivity index (χ1) is 5.86. The van der Waals surface area contributed by atoms with Crippen LogP contribution in [0, 0.1) is 11.8 Å². The number of hydrogen-bond acceptors (Lipinski definition) is 3. The van der Waals surface area contributed by atoms with Crippen molar-refractivity contribution in [2.75, 3.05) is 0 Å². The molecule has 13 heavy (non-hydrogen) atoms. The van der Waals surface area contributed by atoms with E-state index in [1.54, 1.807) is 0 Å². The molecule has 4 nitrogen and oxygen atoms in total. The zero-order chi connectivity index (χ0) is 10.6. The van der Waals surface area contributed by atoms with Gasteiger partial charge in [-0.3, -0.25) is 14.4 Å². The monoisotopic (exact) mass is 186 g/mol. The minimum Gasteiger partial charge on any atom is -0.481 e. The van der Waals surface area contributed by atoms with Crippen molar-refractivity contribution in [3.63, 3.8) is 0 Å². The van der Waals surface area contributed by atoms with E-state index in [0.29, 0.717) is 0 Å². The van der Waals surface area contributed by atoms with E-state index in [9.17, 15) is 14.4 Å². The van der Waals surface area contributed by atoms with Crippen molar-refractivity contribution < 1.29 is 19.5 Å². The van der Waals surface area contributed by atoms with Crippen molar-refractivity contribution in [3.8, 4) is 0 Å². The van der Waals surface area contributed by atoms with Gasteiger partial charge in [0.2, 0.25) is 0 Å². The average molecular weight is 186 g/mol. The lowest BCUT2D eigenvalue weighted by atomic mass is 9.90. The van der Waals surface area contributed by atoms with Crippen molar-refractivity contribution in [2.24, 2.45) is 11.8 Å². The lowest BCUT2D eigenvalue weighted by molar-refractivity contribution is -0.142. The number of aliphatic carboxylic acids is 1. The van der Waals surface area contributed by atoms with Crippen LogP contribution in [0.25, 0.3) is 0 Å². The smallest absolute Gasteiger partial charge is 0.306 e. The summed E-state index contributed by atoms with van der Waals surface area (Å²) in [6, 6.07) is 0. The molecule has 0 aliphatic heterocycles. The predicted octanol–water partition coefficient (Wildman–Crippen LogP) is 0.891. The Hall–Kier alpha value is -1.19. The second-order valence-electron chi connectivity index (χ2n) is 3.25. The first-order valence-electron chi connectivity index (χ1n) is 4.10. The van der Waals surface area contributed by atoms with Crippen molar-refractivity contribution in [2.45, 2.75) is 27.2 Å². The molecule has 1 unspecified atom stereocenters. The first kappa shape index (κ1) is 11.8. The summed E-state index contributed by atoms with van der Waals surface area (Å²) in [5.74, 6) is -2.92. The van der Waals surface area contributed by atoms with Crippen LogP contribution in [0.3, 0.4) is 0 Å². The molecule has 1 atom stereocenters. The van der Waals surface area contributed by atoms with Crippen LogP contribution < -0.4 is 0 Å². The molecule has 4 heteroatoms. The van der Waals surface area contributed by atoms with Gasteiger partial charge in [0.15, 0.2) is 0 Å². The molecule has 0 aromatic carbocycles. The summed E-state index contributed by atoms with van der Waals surface area (Å²) in [4.78, 5) is 32.3. The summed E-state index contributed by atoms with van der Waals surface area (Å²) >= 11 is 0. The molecule has 0 amide bonds. The molecule has 0 bridgehead atoms. The number of carbonyl (C=O) groups is 3. The van der Waals surface area contributed by atoms with Crippen LogP contribution in [0.4, 0.5) is 0 Å². The van der Waals surface area contributed by atoms with Gasteiger partial charge < -0.3 is 5.11 Å². The molecule has 0 aromatic rings. The van der Waals surface area contributed by atoms with Crippen LogP contribution in [-0.4, -0.2) is 22.6 Å². The second kappa shape index (κ2) is 4.74. The number of carboxylic acids is 1. The maximum absolute atomic E-state index is 10.9. The number of carbonyl (C=O) groups excluding carboxylic acids is 2. The minimum atomic E-state index is -0.979. The summed E-state index contributed by atoms with van der Waals surface area (Å²) in [7, 11) is 0. The van der Waals surface area contributed by atoms with Crippen LogP contribution in [-0.2, 0) is 14.4 Å². The van der Waals surface area contributed by atoms with Crippen molar-refractivity contribution in [1.29, 1.82) is 0 Å². The molecule has 0 aliphatic rings. The van der Waals surface area contributed by atoms with Crippen LogP contribution >= 0.6 is 0 Å². The Balaban J connectivity index is 4.35. The molecule has 1 N–H and O–H groups in total. The Bertz CT molecular complexity index is 218. The average Bonchev–Trinajstić information content (AvgIpc) is 1.97. The fraction of sp³-hybridized carbons (Fsp3) is 0.667. The largest absolute Gasteiger partial charge is 0.481 e. The van der Waals surface area contributed by atoms with E-state index < -0.39 is 17.8 Å². The number of Topliss-reactive ketones (excluding diaryl/α,β-unsaturated/α-hetero) is 2. The third-order valence-electron chi connectivity index (χ3n) is 1.99. The van der Waals surface area contributed by atoms with Gasteiger partial charge >= 0.3 is 5.97 Å². The van der Waals surface area contributed by atoms with Gasteiger partial charge in [-0.05, 0) is 20.3 Å². The number of hydrogen-bond donors (Lipinski definition) is 1. The SMILES string of the molecule is CC(=O)C(CC(C)C(=O)O)C(C)=O. The zero-order valence-electron chi connectivity index (χ0n) is 8.03. The molecule has 0 radical (unpaired) electrons. The Morgan fingerprint density at radius 3 is 1.77 bits per heavy atom. The Morgan fingerprint density at radius 2 is 1.54 bits per heavy atom. The van der Waals surface area contributed by atoms with Gasteiger partial charge in [0.25, 0.3) is 0 Å². The molecule has 0 spiro atoms. The van der Waals surface area contributed by atoms with Crippen LogP contribution in [0.5, 0.6) is 0 Å². The molecule has 0 rings (SSSR count). The molecule has 0 saturated carbocycles. The van der Waals surface area contributed by atoms with Gasteiger partial charge in [-0.1, -0.05) is 6.92 Å². The zero-order valence-corrected chi connectivity index (χ0v) is 8.03. The van der Waals surface area contributed by atoms with Crippen molar-refractivity contribution in [3.05, 3.63) is 0 Å². The number of carboxylic acid groups (broad SMARTS) is 1. The first-order valence-corrected chi connectivity index (χ1v) is 4.10. The topological polar surface area (TPSA) is 71.4 Å². The summed E-state index contributed by atoms with van der Waals surface area (Å²) in [6.07, 6.45) is 0.0972. The van der Waals surface area contributed by atoms with E-state index in [1.165, 1.54) is 20.8 Å². The van der Waals surface area contributed by atoms with Crippen LogP contribution in [0.2, 0.25) is 0 Å². The molecule has 0 saturated heterocycles. The van der Waals surface area contributed by atoms with Gasteiger partial charge in [-0.2, -0.15) is 0 Å². The highest BCUT2D eigenvalue weighted by atomic mass is 16.4.